The van der Waals surface area contributed by atoms with E-state index in [1.54, 1.807) is 10.9 Å². The molecule has 4 N–H and O–H groups in total. The van der Waals surface area contributed by atoms with Crippen molar-refractivity contribution in [1.82, 2.24) is 19.5 Å². The lowest BCUT2D eigenvalue weighted by molar-refractivity contribution is 0.0953. The van der Waals surface area contributed by atoms with E-state index < -0.39 is 0 Å². The fourth-order valence-electron chi connectivity index (χ4n) is 1.87. The Morgan fingerprint density at radius 3 is 3.05 bits per heavy atom. The van der Waals surface area contributed by atoms with Gasteiger partial charge in [0, 0.05) is 19.3 Å². The number of nitrogen functional groups attached to an aromatic ring is 1. The van der Waals surface area contributed by atoms with Crippen LogP contribution in [-0.2, 0) is 13.6 Å². The van der Waals surface area contributed by atoms with Crippen LogP contribution >= 0.6 is 11.5 Å². The molecular weight excluding hydrogens is 276 g/mol. The van der Waals surface area contributed by atoms with Crippen LogP contribution in [0.15, 0.2) is 12.3 Å². The van der Waals surface area contributed by atoms with Gasteiger partial charge in [-0.2, -0.15) is 9.47 Å². The van der Waals surface area contributed by atoms with Crippen molar-refractivity contribution in [3.05, 3.63) is 23.5 Å². The maximum Gasteiger partial charge on any atom is 0.258 e. The number of anilines is 2. The Bertz CT molecular complexity index is 630. The summed E-state index contributed by atoms with van der Waals surface area (Å²) in [7, 11) is 1.87. The number of nitrogens with zero attached hydrogens (tertiary/aromatic N) is 3. The van der Waals surface area contributed by atoms with E-state index >= 15 is 0 Å². The molecule has 2 aromatic heterocycles. The Morgan fingerprint density at radius 1 is 1.60 bits per heavy atom. The molecule has 1 aliphatic rings. The van der Waals surface area contributed by atoms with Crippen LogP contribution in [0.3, 0.4) is 0 Å². The molecule has 0 radical (unpaired) electrons. The lowest BCUT2D eigenvalue weighted by Gasteiger charge is -2.07. The van der Waals surface area contributed by atoms with Gasteiger partial charge in [0.15, 0.2) is 5.82 Å². The number of aryl methyl sites for hydroxylation is 1. The summed E-state index contributed by atoms with van der Waals surface area (Å²) in [6.45, 7) is 0.571. The first-order valence-electron chi connectivity index (χ1n) is 6.42. The van der Waals surface area contributed by atoms with Gasteiger partial charge in [0.2, 0.25) is 0 Å². The Morgan fingerprint density at radius 2 is 2.40 bits per heavy atom. The van der Waals surface area contributed by atoms with Crippen LogP contribution in [0.2, 0.25) is 0 Å². The van der Waals surface area contributed by atoms with E-state index in [9.17, 15) is 4.79 Å². The van der Waals surface area contributed by atoms with Gasteiger partial charge >= 0.3 is 0 Å². The van der Waals surface area contributed by atoms with Crippen molar-refractivity contribution < 1.29 is 4.79 Å². The highest BCUT2D eigenvalue weighted by Crippen LogP contribution is 2.28. The topological polar surface area (TPSA) is 97.9 Å². The van der Waals surface area contributed by atoms with Crippen molar-refractivity contribution in [1.29, 1.82) is 0 Å². The molecule has 0 bridgehead atoms. The SMILES string of the molecule is Cn1nccc1CNc1snc(N)c1C(=O)NC1CC1. The van der Waals surface area contributed by atoms with Gasteiger partial charge in [-0.3, -0.25) is 9.48 Å². The highest BCUT2D eigenvalue weighted by atomic mass is 32.1. The maximum atomic E-state index is 12.1. The van der Waals surface area contributed by atoms with E-state index in [4.69, 9.17) is 5.73 Å². The van der Waals surface area contributed by atoms with Crippen molar-refractivity contribution in [2.24, 2.45) is 7.05 Å². The molecule has 106 valence electrons. The molecule has 20 heavy (non-hydrogen) atoms. The number of rotatable bonds is 5. The zero-order chi connectivity index (χ0) is 14.1. The van der Waals surface area contributed by atoms with E-state index in [1.165, 1.54) is 11.5 Å². The lowest BCUT2D eigenvalue weighted by atomic mass is 10.3. The number of amides is 1. The number of carbonyl (C=O) groups is 1. The van der Waals surface area contributed by atoms with Crippen LogP contribution < -0.4 is 16.4 Å². The normalized spacial score (nSPS) is 14.2. The Hall–Kier alpha value is -2.09. The molecule has 0 unspecified atom stereocenters. The number of nitrogens with two attached hydrogens (primary N) is 1. The molecule has 0 spiro atoms. The van der Waals surface area contributed by atoms with Gasteiger partial charge < -0.3 is 16.4 Å². The van der Waals surface area contributed by atoms with E-state index in [2.05, 4.69) is 20.1 Å². The number of hydrogen-bond donors (Lipinski definition) is 3. The third-order valence-corrected chi connectivity index (χ3v) is 4.03. The van der Waals surface area contributed by atoms with Crippen LogP contribution in [0.1, 0.15) is 28.9 Å². The van der Waals surface area contributed by atoms with E-state index in [0.717, 1.165) is 18.5 Å². The summed E-state index contributed by atoms with van der Waals surface area (Å²) in [6.07, 6.45) is 3.82. The molecule has 0 atom stereocenters. The van der Waals surface area contributed by atoms with E-state index in [-0.39, 0.29) is 11.7 Å². The molecule has 1 aliphatic carbocycles. The van der Waals surface area contributed by atoms with Crippen molar-refractivity contribution in [2.45, 2.75) is 25.4 Å². The molecule has 1 saturated carbocycles. The summed E-state index contributed by atoms with van der Waals surface area (Å²) >= 11 is 1.20. The van der Waals surface area contributed by atoms with Gasteiger partial charge in [0.1, 0.15) is 10.6 Å². The number of hydrogen-bond acceptors (Lipinski definition) is 6. The highest BCUT2D eigenvalue weighted by molar-refractivity contribution is 7.11. The quantitative estimate of drug-likeness (QED) is 0.762. The van der Waals surface area contributed by atoms with Crippen LogP contribution in [0, 0.1) is 0 Å². The van der Waals surface area contributed by atoms with Crippen LogP contribution in [-0.4, -0.2) is 26.1 Å². The van der Waals surface area contributed by atoms with Gasteiger partial charge in [-0.15, -0.1) is 0 Å². The second-order valence-electron chi connectivity index (χ2n) is 4.82. The monoisotopic (exact) mass is 292 g/mol. The lowest BCUT2D eigenvalue weighted by Crippen LogP contribution is -2.26. The summed E-state index contributed by atoms with van der Waals surface area (Å²) < 4.78 is 5.84. The van der Waals surface area contributed by atoms with Crippen LogP contribution in [0.5, 0.6) is 0 Å². The predicted octanol–water partition coefficient (Wildman–Crippen LogP) is 0.963. The molecule has 1 amide bonds. The van der Waals surface area contributed by atoms with Crippen molar-refractivity contribution in [3.63, 3.8) is 0 Å². The summed E-state index contributed by atoms with van der Waals surface area (Å²) in [5, 5.41) is 10.9. The molecule has 2 heterocycles. The van der Waals surface area contributed by atoms with E-state index in [1.807, 2.05) is 13.1 Å². The number of nitrogens with one attached hydrogen (secondary N) is 2. The predicted molar refractivity (Wildman–Crippen MR) is 77.5 cm³/mol. The zero-order valence-corrected chi connectivity index (χ0v) is 11.9. The van der Waals surface area contributed by atoms with Gasteiger partial charge in [-0.05, 0) is 30.4 Å². The first-order valence-corrected chi connectivity index (χ1v) is 7.19. The maximum absolute atomic E-state index is 12.1. The van der Waals surface area contributed by atoms with Crippen molar-refractivity contribution in [3.8, 4) is 0 Å². The third-order valence-electron chi connectivity index (χ3n) is 3.21. The Kier molecular flexibility index (Phi) is 3.31. The first kappa shape index (κ1) is 12.9. The molecule has 3 rings (SSSR count). The minimum absolute atomic E-state index is 0.147. The average Bonchev–Trinajstić information content (AvgIpc) is 3.00. The summed E-state index contributed by atoms with van der Waals surface area (Å²) in [4.78, 5) is 12.1. The summed E-state index contributed by atoms with van der Waals surface area (Å²) in [5.41, 5.74) is 7.27. The second kappa shape index (κ2) is 5.12. The van der Waals surface area contributed by atoms with Crippen LogP contribution in [0.4, 0.5) is 10.8 Å². The molecule has 0 aromatic carbocycles. The fourth-order valence-corrected chi connectivity index (χ4v) is 2.58. The summed E-state index contributed by atoms with van der Waals surface area (Å²) in [5.74, 6) is 0.131. The second-order valence-corrected chi connectivity index (χ2v) is 5.59. The number of carbonyl (C=O) groups excluding carboxylic acids is 1. The standard InChI is InChI=1S/C12H16N6OS/c1-18-8(4-5-15-18)6-14-12-9(10(13)17-20-12)11(19)16-7-2-3-7/h4-5,7,14H,2-3,6H2,1H3,(H2,13,17)(H,16,19). The van der Waals surface area contributed by atoms with Gasteiger partial charge in [0.25, 0.3) is 5.91 Å². The molecule has 7 nitrogen and oxygen atoms in total. The minimum Gasteiger partial charge on any atom is -0.382 e. The minimum atomic E-state index is -0.147. The first-order chi connectivity index (χ1) is 9.65. The molecule has 1 fully saturated rings. The highest BCUT2D eigenvalue weighted by Gasteiger charge is 2.27. The Labute approximate surface area is 120 Å². The molecule has 0 saturated heterocycles. The third kappa shape index (κ3) is 2.60. The van der Waals surface area contributed by atoms with Gasteiger partial charge in [-0.1, -0.05) is 0 Å². The Balaban J connectivity index is 1.72. The number of aromatic nitrogens is 3. The van der Waals surface area contributed by atoms with E-state index in [0.29, 0.717) is 23.2 Å². The molecular formula is C12H16N6OS. The van der Waals surface area contributed by atoms with Crippen molar-refractivity contribution >= 4 is 28.3 Å². The van der Waals surface area contributed by atoms with Gasteiger partial charge in [-0.25, -0.2) is 0 Å². The fraction of sp³-hybridized carbons (Fsp3) is 0.417. The molecule has 0 aliphatic heterocycles. The van der Waals surface area contributed by atoms with Gasteiger partial charge in [0.05, 0.1) is 12.2 Å². The zero-order valence-electron chi connectivity index (χ0n) is 11.1. The largest absolute Gasteiger partial charge is 0.382 e. The smallest absolute Gasteiger partial charge is 0.258 e. The molecule has 2 aromatic rings. The van der Waals surface area contributed by atoms with Crippen LogP contribution in [0.25, 0.3) is 0 Å². The summed E-state index contributed by atoms with van der Waals surface area (Å²) in [6, 6.07) is 2.22. The van der Waals surface area contributed by atoms with Crippen molar-refractivity contribution in [2.75, 3.05) is 11.1 Å². The molecule has 8 heteroatoms. The average molecular weight is 292 g/mol.